The first-order chi connectivity index (χ1) is 18.8. The number of halogens is 1. The molecule has 5 aromatic carbocycles. The maximum Gasteiger partial charge on any atom is 0.131 e. The quantitative estimate of drug-likeness (QED) is 0.243. The van der Waals surface area contributed by atoms with Gasteiger partial charge < -0.3 is 0 Å². The number of allylic oxidation sites excluding steroid dienone is 4. The zero-order valence-electron chi connectivity index (χ0n) is 20.9. The number of benzene rings is 5. The molecule has 0 radical (unpaired) electrons. The average Bonchev–Trinajstić information content (AvgIpc) is 3.59. The smallest absolute Gasteiger partial charge is 0.131 e. The van der Waals surface area contributed by atoms with Crippen LogP contribution in [0.25, 0.3) is 22.8 Å². The Hall–Kier alpha value is -4.75. The highest BCUT2D eigenvalue weighted by molar-refractivity contribution is 6.01. The summed E-state index contributed by atoms with van der Waals surface area (Å²) in [4.78, 5) is 0. The van der Waals surface area contributed by atoms with E-state index in [1.54, 1.807) is 12.1 Å². The lowest BCUT2D eigenvalue weighted by Crippen LogP contribution is -2.17. The van der Waals surface area contributed by atoms with Gasteiger partial charge in [-0.2, -0.15) is 0 Å². The van der Waals surface area contributed by atoms with E-state index in [1.165, 1.54) is 32.4 Å². The second kappa shape index (κ2) is 9.28. The standard InChI is InChI=1S/C37H25F/c38-35-21-10-9-18-31(35)29-19-11-20-32(29)37-33(23-22-30-28-17-8-7-16-27(28)24-34(30)37)36(25-12-3-1-4-13-25)26-14-5-2-6-15-26/h1-19,21-24H,20H2. The van der Waals surface area contributed by atoms with E-state index in [1.807, 2.05) is 12.1 Å². The van der Waals surface area contributed by atoms with Crippen molar-refractivity contribution in [1.29, 1.82) is 0 Å². The molecule has 0 aliphatic heterocycles. The summed E-state index contributed by atoms with van der Waals surface area (Å²) in [6, 6.07) is 41.4. The van der Waals surface area contributed by atoms with Gasteiger partial charge in [0, 0.05) is 5.56 Å². The van der Waals surface area contributed by atoms with Gasteiger partial charge in [0.1, 0.15) is 5.82 Å². The van der Waals surface area contributed by atoms with Gasteiger partial charge in [-0.05, 0) is 78.4 Å². The maximum absolute atomic E-state index is 15.1. The molecule has 0 heterocycles. The van der Waals surface area contributed by atoms with Crippen molar-refractivity contribution < 1.29 is 4.39 Å². The van der Waals surface area contributed by atoms with Crippen LogP contribution in [0.5, 0.6) is 0 Å². The van der Waals surface area contributed by atoms with Crippen LogP contribution in [-0.2, 0) is 0 Å². The second-order valence-electron chi connectivity index (χ2n) is 9.77. The monoisotopic (exact) mass is 488 g/mol. The molecular formula is C37H25F. The lowest BCUT2D eigenvalue weighted by Gasteiger charge is -2.17. The molecule has 2 aliphatic rings. The largest absolute Gasteiger partial charge is 0.206 e. The van der Waals surface area contributed by atoms with Crippen LogP contribution < -0.4 is 10.4 Å². The Morgan fingerprint density at radius 1 is 0.605 bits per heavy atom. The van der Waals surface area contributed by atoms with Gasteiger partial charge in [-0.3, -0.25) is 0 Å². The van der Waals surface area contributed by atoms with Gasteiger partial charge in [0.25, 0.3) is 0 Å². The van der Waals surface area contributed by atoms with Gasteiger partial charge in [0.05, 0.1) is 0 Å². The summed E-state index contributed by atoms with van der Waals surface area (Å²) in [6.07, 6.45) is 7.31. The number of fused-ring (bicyclic) bond motifs is 2. The summed E-state index contributed by atoms with van der Waals surface area (Å²) < 4.78 is 15.1. The van der Waals surface area contributed by atoms with Crippen molar-refractivity contribution in [1.82, 2.24) is 0 Å². The third kappa shape index (κ3) is 3.67. The summed E-state index contributed by atoms with van der Waals surface area (Å²) in [6.45, 7) is 0. The Morgan fingerprint density at radius 2 is 1.26 bits per heavy atom. The molecule has 0 saturated carbocycles. The second-order valence-corrected chi connectivity index (χ2v) is 9.77. The molecule has 1 heteroatoms. The molecule has 0 bridgehead atoms. The van der Waals surface area contributed by atoms with Crippen LogP contribution in [0, 0.1) is 16.3 Å². The van der Waals surface area contributed by atoms with E-state index >= 15 is 4.39 Å². The molecule has 2 aliphatic carbocycles. The van der Waals surface area contributed by atoms with E-state index in [2.05, 4.69) is 115 Å². The van der Waals surface area contributed by atoms with Gasteiger partial charge in [0.15, 0.2) is 0 Å². The fourth-order valence-electron chi connectivity index (χ4n) is 5.92. The van der Waals surface area contributed by atoms with E-state index < -0.39 is 0 Å². The van der Waals surface area contributed by atoms with Gasteiger partial charge in [-0.15, -0.1) is 0 Å². The van der Waals surface area contributed by atoms with Gasteiger partial charge >= 0.3 is 0 Å². The van der Waals surface area contributed by atoms with Gasteiger partial charge in [-0.1, -0.05) is 127 Å². The molecule has 0 unspecified atom stereocenters. The van der Waals surface area contributed by atoms with Crippen molar-refractivity contribution in [2.24, 2.45) is 0 Å². The molecule has 0 nitrogen and oxygen atoms in total. The van der Waals surface area contributed by atoms with Crippen molar-refractivity contribution in [2.45, 2.75) is 6.42 Å². The number of hydrogen-bond acceptors (Lipinski definition) is 0. The molecule has 0 saturated heterocycles. The van der Waals surface area contributed by atoms with Crippen LogP contribution in [0.1, 0.15) is 34.2 Å². The summed E-state index contributed by atoms with van der Waals surface area (Å²) in [5.41, 5.74) is 8.67. The summed E-state index contributed by atoms with van der Waals surface area (Å²) >= 11 is 0. The van der Waals surface area contributed by atoms with Crippen LogP contribution in [0.2, 0.25) is 0 Å². The van der Waals surface area contributed by atoms with Crippen molar-refractivity contribution in [3.8, 4) is 0 Å². The predicted octanol–water partition coefficient (Wildman–Crippen LogP) is 7.37. The van der Waals surface area contributed by atoms with Crippen molar-refractivity contribution in [3.05, 3.63) is 188 Å². The van der Waals surface area contributed by atoms with E-state index in [-0.39, 0.29) is 5.82 Å². The minimum Gasteiger partial charge on any atom is -0.206 e. The van der Waals surface area contributed by atoms with E-state index in [4.69, 9.17) is 0 Å². The first-order valence-electron chi connectivity index (χ1n) is 13.0. The van der Waals surface area contributed by atoms with Crippen molar-refractivity contribution in [2.75, 3.05) is 0 Å². The summed E-state index contributed by atoms with van der Waals surface area (Å²) in [5.74, 6) is -0.191. The minimum atomic E-state index is -0.191. The fourth-order valence-corrected chi connectivity index (χ4v) is 5.92. The van der Waals surface area contributed by atoms with Gasteiger partial charge in [-0.25, -0.2) is 4.39 Å². The normalized spacial score (nSPS) is 13.3. The van der Waals surface area contributed by atoms with E-state index in [9.17, 15) is 0 Å². The van der Waals surface area contributed by atoms with Crippen LogP contribution in [0.4, 0.5) is 4.39 Å². The molecule has 5 aromatic rings. The first kappa shape index (κ1) is 22.4. The van der Waals surface area contributed by atoms with Crippen LogP contribution in [0.3, 0.4) is 0 Å². The Morgan fingerprint density at radius 3 is 2.00 bits per heavy atom. The predicted molar refractivity (Wildman–Crippen MR) is 155 cm³/mol. The zero-order valence-corrected chi connectivity index (χ0v) is 20.9. The van der Waals surface area contributed by atoms with Crippen LogP contribution in [0.15, 0.2) is 133 Å². The maximum atomic E-state index is 15.1. The Balaban J connectivity index is 1.68. The Labute approximate surface area is 221 Å². The average molecular weight is 489 g/mol. The molecular weight excluding hydrogens is 463 g/mol. The third-order valence-corrected chi connectivity index (χ3v) is 7.59. The van der Waals surface area contributed by atoms with Gasteiger partial charge in [0.2, 0.25) is 0 Å². The molecule has 0 aromatic heterocycles. The highest BCUT2D eigenvalue weighted by Gasteiger charge is 2.22. The zero-order chi connectivity index (χ0) is 25.5. The van der Waals surface area contributed by atoms with E-state index in [0.717, 1.165) is 33.9 Å². The lowest BCUT2D eigenvalue weighted by atomic mass is 9.86. The molecule has 180 valence electrons. The molecule has 0 spiro atoms. The molecule has 7 rings (SSSR count). The number of rotatable bonds is 4. The van der Waals surface area contributed by atoms with Crippen LogP contribution >= 0.6 is 0 Å². The lowest BCUT2D eigenvalue weighted by molar-refractivity contribution is 0.624. The summed E-state index contributed by atoms with van der Waals surface area (Å²) in [5, 5.41) is 4.86. The molecule has 0 atom stereocenters. The third-order valence-electron chi connectivity index (χ3n) is 7.59. The molecule has 38 heavy (non-hydrogen) atoms. The SMILES string of the molecule is Fc1ccccc1C1=C(c2c3c(ccc2=C(c2ccccc2)c2ccccc2)=c2ccccc2=C3)CC=C1. The van der Waals surface area contributed by atoms with E-state index in [0.29, 0.717) is 5.56 Å². The topological polar surface area (TPSA) is 0 Å². The molecule has 0 amide bonds. The fraction of sp³-hybridized carbons (Fsp3) is 0.0270. The molecule has 0 fully saturated rings. The summed E-state index contributed by atoms with van der Waals surface area (Å²) in [7, 11) is 0. The Bertz CT molecular complexity index is 1940. The Kier molecular flexibility index (Phi) is 5.48. The van der Waals surface area contributed by atoms with Crippen molar-refractivity contribution >= 4 is 22.8 Å². The number of hydrogen-bond donors (Lipinski definition) is 0. The van der Waals surface area contributed by atoms with Crippen molar-refractivity contribution in [3.63, 3.8) is 0 Å². The highest BCUT2D eigenvalue weighted by Crippen LogP contribution is 2.38. The minimum absolute atomic E-state index is 0.191. The first-order valence-corrected chi connectivity index (χ1v) is 13.0. The van der Waals surface area contributed by atoms with Crippen LogP contribution in [-0.4, -0.2) is 0 Å². The molecule has 0 N–H and O–H groups in total. The highest BCUT2D eigenvalue weighted by atomic mass is 19.1.